The van der Waals surface area contributed by atoms with Crippen molar-refractivity contribution in [3.8, 4) is 0 Å². The summed E-state index contributed by atoms with van der Waals surface area (Å²) in [5.74, 6) is 0.573. The Hall–Kier alpha value is -1.95. The molecule has 108 valence electrons. The quantitative estimate of drug-likeness (QED) is 0.873. The molecular weight excluding hydrogens is 254 g/mol. The van der Waals surface area contributed by atoms with E-state index in [1.54, 1.807) is 12.4 Å². The first-order chi connectivity index (χ1) is 9.44. The lowest BCUT2D eigenvalue weighted by Crippen LogP contribution is -2.35. The Morgan fingerprint density at radius 3 is 2.55 bits per heavy atom. The lowest BCUT2D eigenvalue weighted by atomic mass is 10.1. The molecule has 0 aliphatic heterocycles. The van der Waals surface area contributed by atoms with E-state index in [0.29, 0.717) is 18.5 Å². The lowest BCUT2D eigenvalue weighted by Gasteiger charge is -2.18. The van der Waals surface area contributed by atoms with Crippen molar-refractivity contribution < 1.29 is 4.42 Å². The van der Waals surface area contributed by atoms with E-state index in [-0.39, 0.29) is 11.6 Å². The van der Waals surface area contributed by atoms with Crippen LogP contribution in [0.2, 0.25) is 0 Å². The number of anilines is 1. The normalized spacial score (nSPS) is 13.2. The third-order valence-electron chi connectivity index (χ3n) is 2.78. The Kier molecular flexibility index (Phi) is 4.34. The fourth-order valence-corrected chi connectivity index (χ4v) is 1.64. The Morgan fingerprint density at radius 1 is 1.20 bits per heavy atom. The third kappa shape index (κ3) is 4.31. The van der Waals surface area contributed by atoms with Crippen LogP contribution in [0.3, 0.4) is 0 Å². The molecule has 0 aliphatic rings. The molecule has 2 rings (SSSR count). The molecule has 2 aromatic rings. The first-order valence-corrected chi connectivity index (χ1v) is 6.68. The zero-order chi connectivity index (χ0) is 14.6. The number of nitrogens with zero attached hydrogens (tertiary/aromatic N) is 3. The van der Waals surface area contributed by atoms with Gasteiger partial charge in [-0.3, -0.25) is 4.98 Å². The molecule has 6 nitrogen and oxygen atoms in total. The number of rotatable bonds is 5. The van der Waals surface area contributed by atoms with Crippen LogP contribution in [0.4, 0.5) is 6.01 Å². The molecule has 20 heavy (non-hydrogen) atoms. The fraction of sp³-hybridized carbons (Fsp3) is 0.500. The minimum atomic E-state index is 0.0202. The Morgan fingerprint density at radius 2 is 1.90 bits per heavy atom. The number of aromatic nitrogens is 3. The van der Waals surface area contributed by atoms with Gasteiger partial charge in [-0.15, -0.1) is 5.10 Å². The van der Waals surface area contributed by atoms with Crippen molar-refractivity contribution in [3.63, 3.8) is 0 Å². The summed E-state index contributed by atoms with van der Waals surface area (Å²) in [6.45, 7) is 8.87. The van der Waals surface area contributed by atoms with E-state index in [0.717, 1.165) is 5.56 Å². The topological polar surface area (TPSA) is 75.9 Å². The molecule has 1 unspecified atom stereocenters. The lowest BCUT2D eigenvalue weighted by molar-refractivity contribution is 0.383. The second-order valence-corrected chi connectivity index (χ2v) is 5.75. The van der Waals surface area contributed by atoms with Gasteiger partial charge in [0.15, 0.2) is 0 Å². The highest BCUT2D eigenvalue weighted by Gasteiger charge is 2.13. The van der Waals surface area contributed by atoms with Crippen molar-refractivity contribution in [2.24, 2.45) is 0 Å². The van der Waals surface area contributed by atoms with E-state index in [2.05, 4.69) is 46.6 Å². The fourth-order valence-electron chi connectivity index (χ4n) is 1.64. The van der Waals surface area contributed by atoms with E-state index in [1.165, 1.54) is 0 Å². The zero-order valence-electron chi connectivity index (χ0n) is 12.3. The molecule has 2 heterocycles. The minimum absolute atomic E-state index is 0.0202. The van der Waals surface area contributed by atoms with Crippen LogP contribution in [0.5, 0.6) is 0 Å². The minimum Gasteiger partial charge on any atom is -0.407 e. The third-order valence-corrected chi connectivity index (χ3v) is 2.78. The van der Waals surface area contributed by atoms with Crippen LogP contribution in [-0.2, 0) is 6.54 Å². The van der Waals surface area contributed by atoms with Gasteiger partial charge in [-0.2, -0.15) is 0 Å². The second kappa shape index (κ2) is 6.00. The Balaban J connectivity index is 1.93. The average Bonchev–Trinajstić information content (AvgIpc) is 2.84. The maximum atomic E-state index is 5.56. The highest BCUT2D eigenvalue weighted by molar-refractivity contribution is 5.26. The van der Waals surface area contributed by atoms with Gasteiger partial charge in [0.1, 0.15) is 0 Å². The van der Waals surface area contributed by atoms with Crippen molar-refractivity contribution in [2.75, 3.05) is 5.32 Å². The first-order valence-electron chi connectivity index (χ1n) is 6.68. The molecule has 0 saturated carbocycles. The highest BCUT2D eigenvalue weighted by atomic mass is 16.4. The first kappa shape index (κ1) is 14.5. The predicted octanol–water partition coefficient (Wildman–Crippen LogP) is 2.53. The number of nitrogens with one attached hydrogen (secondary N) is 2. The average molecular weight is 275 g/mol. The molecule has 6 heteroatoms. The van der Waals surface area contributed by atoms with Gasteiger partial charge < -0.3 is 15.1 Å². The van der Waals surface area contributed by atoms with E-state index in [1.807, 2.05) is 19.1 Å². The molecule has 0 amide bonds. The molecule has 2 N–H and O–H groups in total. The van der Waals surface area contributed by atoms with Crippen LogP contribution in [0.25, 0.3) is 0 Å². The summed E-state index contributed by atoms with van der Waals surface area (Å²) in [7, 11) is 0. The van der Waals surface area contributed by atoms with Gasteiger partial charge in [-0.1, -0.05) is 5.10 Å². The van der Waals surface area contributed by atoms with Crippen molar-refractivity contribution in [2.45, 2.75) is 45.8 Å². The molecule has 0 fully saturated rings. The maximum Gasteiger partial charge on any atom is 0.315 e. The Labute approximate surface area is 119 Å². The van der Waals surface area contributed by atoms with Gasteiger partial charge in [0.25, 0.3) is 0 Å². The summed E-state index contributed by atoms with van der Waals surface area (Å²) < 4.78 is 5.56. The summed E-state index contributed by atoms with van der Waals surface area (Å²) in [5.41, 5.74) is 1.14. The van der Waals surface area contributed by atoms with Crippen molar-refractivity contribution in [1.29, 1.82) is 0 Å². The van der Waals surface area contributed by atoms with Gasteiger partial charge >= 0.3 is 6.01 Å². The standard InChI is InChI=1S/C14H21N5O/c1-10(11-5-7-15-8-6-11)17-13-19-18-12(20-13)9-16-14(2,3)4/h5-8,10,16H,9H2,1-4H3,(H,17,19). The molecule has 0 radical (unpaired) electrons. The van der Waals surface area contributed by atoms with Crippen LogP contribution in [0, 0.1) is 0 Å². The number of hydrogen-bond acceptors (Lipinski definition) is 6. The van der Waals surface area contributed by atoms with E-state index in [4.69, 9.17) is 4.42 Å². The van der Waals surface area contributed by atoms with Crippen molar-refractivity contribution in [1.82, 2.24) is 20.5 Å². The number of pyridine rings is 1. The summed E-state index contributed by atoms with van der Waals surface area (Å²) in [4.78, 5) is 4.00. The van der Waals surface area contributed by atoms with Crippen LogP contribution < -0.4 is 10.6 Å². The van der Waals surface area contributed by atoms with Crippen LogP contribution in [0.1, 0.15) is 45.2 Å². The number of hydrogen-bond donors (Lipinski definition) is 2. The van der Waals surface area contributed by atoms with Crippen LogP contribution >= 0.6 is 0 Å². The van der Waals surface area contributed by atoms with Crippen LogP contribution in [0.15, 0.2) is 28.9 Å². The monoisotopic (exact) mass is 275 g/mol. The van der Waals surface area contributed by atoms with Gasteiger partial charge in [0, 0.05) is 17.9 Å². The summed E-state index contributed by atoms with van der Waals surface area (Å²) in [6.07, 6.45) is 3.53. The predicted molar refractivity (Wildman–Crippen MR) is 77.2 cm³/mol. The zero-order valence-corrected chi connectivity index (χ0v) is 12.3. The summed E-state index contributed by atoms with van der Waals surface area (Å²) in [5, 5.41) is 14.5. The van der Waals surface area contributed by atoms with Gasteiger partial charge in [-0.25, -0.2) is 0 Å². The Bertz CT molecular complexity index is 532. The summed E-state index contributed by atoms with van der Waals surface area (Å²) >= 11 is 0. The highest BCUT2D eigenvalue weighted by Crippen LogP contribution is 2.17. The molecule has 0 saturated heterocycles. The largest absolute Gasteiger partial charge is 0.407 e. The molecule has 0 aromatic carbocycles. The smallest absolute Gasteiger partial charge is 0.315 e. The molecule has 2 aromatic heterocycles. The van der Waals surface area contributed by atoms with E-state index in [9.17, 15) is 0 Å². The van der Waals surface area contributed by atoms with Crippen molar-refractivity contribution in [3.05, 3.63) is 36.0 Å². The van der Waals surface area contributed by atoms with Crippen molar-refractivity contribution >= 4 is 6.01 Å². The maximum absolute atomic E-state index is 5.56. The van der Waals surface area contributed by atoms with Gasteiger partial charge in [0.2, 0.25) is 5.89 Å². The molecule has 0 aliphatic carbocycles. The molecular formula is C14H21N5O. The molecule has 0 spiro atoms. The summed E-state index contributed by atoms with van der Waals surface area (Å²) in [6, 6.07) is 4.42. The van der Waals surface area contributed by atoms with Gasteiger partial charge in [-0.05, 0) is 45.4 Å². The molecule has 1 atom stereocenters. The molecule has 0 bridgehead atoms. The SMILES string of the molecule is CC(Nc1nnc(CNC(C)(C)C)o1)c1ccncc1. The van der Waals surface area contributed by atoms with E-state index >= 15 is 0 Å². The van der Waals surface area contributed by atoms with Gasteiger partial charge in [0.05, 0.1) is 12.6 Å². The van der Waals surface area contributed by atoms with E-state index < -0.39 is 0 Å². The van der Waals surface area contributed by atoms with Crippen LogP contribution in [-0.4, -0.2) is 20.7 Å². The second-order valence-electron chi connectivity index (χ2n) is 5.75.